The molecule has 0 atom stereocenters. The Morgan fingerprint density at radius 2 is 2.20 bits per heavy atom. The molecule has 0 unspecified atom stereocenters. The van der Waals surface area contributed by atoms with Gasteiger partial charge < -0.3 is 5.32 Å². The van der Waals surface area contributed by atoms with Crippen molar-refractivity contribution < 1.29 is 0 Å². The topological polar surface area (TPSA) is 46.9 Å². The van der Waals surface area contributed by atoms with Crippen molar-refractivity contribution in [1.82, 2.24) is 9.78 Å². The van der Waals surface area contributed by atoms with Gasteiger partial charge in [-0.15, -0.1) is 6.42 Å². The summed E-state index contributed by atoms with van der Waals surface area (Å²) in [6, 6.07) is 0.287. The van der Waals surface area contributed by atoms with Crippen LogP contribution in [0, 0.1) is 17.8 Å². The van der Waals surface area contributed by atoms with Crippen molar-refractivity contribution in [2.45, 2.75) is 52.1 Å². The minimum atomic E-state index is -0.250. The molecule has 0 aliphatic heterocycles. The maximum absolute atomic E-state index is 12.2. The molecule has 1 aliphatic rings. The van der Waals surface area contributed by atoms with Crippen molar-refractivity contribution in [2.75, 3.05) is 5.32 Å². The second-order valence-corrected chi connectivity index (χ2v) is 6.52. The highest BCUT2D eigenvalue weighted by molar-refractivity contribution is 6.33. The molecule has 20 heavy (non-hydrogen) atoms. The number of aromatic nitrogens is 2. The van der Waals surface area contributed by atoms with Crippen molar-refractivity contribution in [2.24, 2.45) is 5.41 Å². The highest BCUT2D eigenvalue weighted by atomic mass is 35.5. The quantitative estimate of drug-likeness (QED) is 0.872. The van der Waals surface area contributed by atoms with E-state index in [-0.39, 0.29) is 18.1 Å². The normalized spacial score (nSPS) is 18.5. The van der Waals surface area contributed by atoms with Crippen molar-refractivity contribution in [3.05, 3.63) is 21.6 Å². The van der Waals surface area contributed by atoms with Gasteiger partial charge in [-0.3, -0.25) is 4.79 Å². The average Bonchev–Trinajstić information content (AvgIpc) is 2.40. The van der Waals surface area contributed by atoms with Crippen LogP contribution in [0.15, 0.2) is 11.0 Å². The van der Waals surface area contributed by atoms with Gasteiger partial charge in [0.15, 0.2) is 0 Å². The molecular weight excluding hydrogens is 274 g/mol. The molecular formula is C15H20ClN3O. The number of halogens is 1. The zero-order valence-corrected chi connectivity index (χ0v) is 12.7. The number of hydrogen-bond acceptors (Lipinski definition) is 3. The van der Waals surface area contributed by atoms with E-state index >= 15 is 0 Å². The van der Waals surface area contributed by atoms with Crippen LogP contribution in [0.1, 0.15) is 39.5 Å². The van der Waals surface area contributed by atoms with E-state index in [4.69, 9.17) is 18.0 Å². The molecule has 4 nitrogen and oxygen atoms in total. The summed E-state index contributed by atoms with van der Waals surface area (Å²) in [6.45, 7) is 4.72. The molecule has 0 amide bonds. The molecule has 1 saturated carbocycles. The predicted octanol–water partition coefficient (Wildman–Crippen LogP) is 2.91. The van der Waals surface area contributed by atoms with E-state index in [0.717, 1.165) is 25.7 Å². The van der Waals surface area contributed by atoms with Crippen LogP contribution in [-0.2, 0) is 6.54 Å². The van der Waals surface area contributed by atoms with Crippen LogP contribution in [0.5, 0.6) is 0 Å². The standard InChI is InChI=1S/C15H20ClN3O/c1-4-9-19-14(20)13(12(16)10-17-19)18-11-5-7-15(2,3)8-6-11/h1,10-11,18H,5-9H2,2-3H3. The van der Waals surface area contributed by atoms with Crippen molar-refractivity contribution in [3.63, 3.8) is 0 Å². The summed E-state index contributed by atoms with van der Waals surface area (Å²) >= 11 is 6.09. The lowest BCUT2D eigenvalue weighted by Crippen LogP contribution is -2.34. The molecule has 2 rings (SSSR count). The third-order valence-electron chi connectivity index (χ3n) is 3.93. The molecule has 0 spiro atoms. The zero-order valence-electron chi connectivity index (χ0n) is 11.9. The highest BCUT2D eigenvalue weighted by Crippen LogP contribution is 2.36. The average molecular weight is 294 g/mol. The second-order valence-electron chi connectivity index (χ2n) is 6.12. The van der Waals surface area contributed by atoms with E-state index < -0.39 is 0 Å². The van der Waals surface area contributed by atoms with E-state index in [1.165, 1.54) is 10.9 Å². The Bertz CT molecular complexity index is 576. The number of anilines is 1. The van der Waals surface area contributed by atoms with Crippen LogP contribution in [0.4, 0.5) is 5.69 Å². The molecule has 5 heteroatoms. The minimum absolute atomic E-state index is 0.155. The summed E-state index contributed by atoms with van der Waals surface area (Å²) in [7, 11) is 0. The summed E-state index contributed by atoms with van der Waals surface area (Å²) in [5.74, 6) is 2.42. The first-order chi connectivity index (χ1) is 9.43. The van der Waals surface area contributed by atoms with Crippen LogP contribution in [-0.4, -0.2) is 15.8 Å². The van der Waals surface area contributed by atoms with E-state index in [0.29, 0.717) is 16.1 Å². The third-order valence-corrected chi connectivity index (χ3v) is 4.21. The number of rotatable bonds is 3. The predicted molar refractivity (Wildman–Crippen MR) is 82.0 cm³/mol. The van der Waals surface area contributed by atoms with Crippen molar-refractivity contribution in [1.29, 1.82) is 0 Å². The van der Waals surface area contributed by atoms with Crippen molar-refractivity contribution in [3.8, 4) is 12.3 Å². The Labute approximate surface area is 124 Å². The first-order valence-electron chi connectivity index (χ1n) is 6.88. The van der Waals surface area contributed by atoms with E-state index in [1.54, 1.807) is 0 Å². The molecule has 1 heterocycles. The SMILES string of the molecule is C#CCn1ncc(Cl)c(NC2CCC(C)(C)CC2)c1=O. The molecule has 1 N–H and O–H groups in total. The lowest BCUT2D eigenvalue weighted by Gasteiger charge is -2.35. The van der Waals surface area contributed by atoms with Gasteiger partial charge in [0.1, 0.15) is 12.2 Å². The number of terminal acetylenes is 1. The lowest BCUT2D eigenvalue weighted by atomic mass is 9.75. The Hall–Kier alpha value is -1.47. The fourth-order valence-corrected chi connectivity index (χ4v) is 2.73. The lowest BCUT2D eigenvalue weighted by molar-refractivity contribution is 0.232. The molecule has 0 saturated heterocycles. The summed E-state index contributed by atoms with van der Waals surface area (Å²) in [5.41, 5.74) is 0.561. The first-order valence-corrected chi connectivity index (χ1v) is 7.26. The fourth-order valence-electron chi connectivity index (χ4n) is 2.55. The molecule has 108 valence electrons. The van der Waals surface area contributed by atoms with Gasteiger partial charge in [0.2, 0.25) is 0 Å². The number of hydrogen-bond donors (Lipinski definition) is 1. The summed E-state index contributed by atoms with van der Waals surface area (Å²) in [4.78, 5) is 12.2. The van der Waals surface area contributed by atoms with E-state index in [9.17, 15) is 4.79 Å². The van der Waals surface area contributed by atoms with Gasteiger partial charge in [-0.25, -0.2) is 4.68 Å². The molecule has 0 radical (unpaired) electrons. The van der Waals surface area contributed by atoms with Crippen LogP contribution >= 0.6 is 11.6 Å². The second kappa shape index (κ2) is 5.88. The van der Waals surface area contributed by atoms with Gasteiger partial charge in [-0.2, -0.15) is 5.10 Å². The monoisotopic (exact) mass is 293 g/mol. The minimum Gasteiger partial charge on any atom is -0.377 e. The summed E-state index contributed by atoms with van der Waals surface area (Å²) in [5, 5.41) is 7.57. The molecule has 1 aromatic rings. The largest absolute Gasteiger partial charge is 0.377 e. The van der Waals surface area contributed by atoms with Crippen molar-refractivity contribution >= 4 is 17.3 Å². The smallest absolute Gasteiger partial charge is 0.292 e. The van der Waals surface area contributed by atoms with Crippen LogP contribution in [0.2, 0.25) is 5.02 Å². The van der Waals surface area contributed by atoms with Crippen LogP contribution < -0.4 is 10.9 Å². The van der Waals surface area contributed by atoms with Crippen LogP contribution in [0.3, 0.4) is 0 Å². The molecule has 1 aliphatic carbocycles. The number of nitrogens with one attached hydrogen (secondary N) is 1. The van der Waals surface area contributed by atoms with Gasteiger partial charge in [0.05, 0.1) is 11.2 Å². The summed E-state index contributed by atoms with van der Waals surface area (Å²) < 4.78 is 1.25. The maximum Gasteiger partial charge on any atom is 0.292 e. The Balaban J connectivity index is 2.16. The van der Waals surface area contributed by atoms with Gasteiger partial charge in [0, 0.05) is 6.04 Å². The number of nitrogens with zero attached hydrogens (tertiary/aromatic N) is 2. The Morgan fingerprint density at radius 3 is 2.80 bits per heavy atom. The fraction of sp³-hybridized carbons (Fsp3) is 0.600. The van der Waals surface area contributed by atoms with E-state index in [1.807, 2.05) is 0 Å². The zero-order chi connectivity index (χ0) is 14.8. The Kier molecular flexibility index (Phi) is 4.39. The van der Waals surface area contributed by atoms with E-state index in [2.05, 4.69) is 30.2 Å². The van der Waals surface area contributed by atoms with Gasteiger partial charge in [0.25, 0.3) is 5.56 Å². The third kappa shape index (κ3) is 3.34. The van der Waals surface area contributed by atoms with Crippen LogP contribution in [0.25, 0.3) is 0 Å². The molecule has 0 aromatic carbocycles. The van der Waals surface area contributed by atoms with Gasteiger partial charge in [-0.1, -0.05) is 31.4 Å². The molecule has 1 fully saturated rings. The molecule has 1 aromatic heterocycles. The Morgan fingerprint density at radius 1 is 1.55 bits per heavy atom. The summed E-state index contributed by atoms with van der Waals surface area (Å²) in [6.07, 6.45) is 11.1. The molecule has 0 bridgehead atoms. The maximum atomic E-state index is 12.2. The first kappa shape index (κ1) is 14.9. The van der Waals surface area contributed by atoms with Gasteiger partial charge >= 0.3 is 0 Å². The highest BCUT2D eigenvalue weighted by Gasteiger charge is 2.27. The van der Waals surface area contributed by atoms with Gasteiger partial charge in [-0.05, 0) is 31.1 Å².